The van der Waals surface area contributed by atoms with E-state index < -0.39 is 0 Å². The van der Waals surface area contributed by atoms with E-state index in [1.165, 1.54) is 24.6 Å². The lowest BCUT2D eigenvalue weighted by Gasteiger charge is -2.37. The number of rotatable bonds is 6. The largest absolute Gasteiger partial charge is 0.489 e. The van der Waals surface area contributed by atoms with Gasteiger partial charge in [0.1, 0.15) is 18.2 Å². The van der Waals surface area contributed by atoms with Gasteiger partial charge in [0.2, 0.25) is 5.91 Å². The minimum absolute atomic E-state index is 0.0447. The topological polar surface area (TPSA) is 60.2 Å². The van der Waals surface area contributed by atoms with Crippen LogP contribution in [0, 0.1) is 0 Å². The number of thioether (sulfide) groups is 1. The Morgan fingerprint density at radius 1 is 1.10 bits per heavy atom. The standard InChI is InChI=1S/C23H24N4O2S/c1-2-26-22(17-12-13-17)24-25-23(26)30-15-21(28)27-18-10-6-7-11-20(18)29-14-19(27)16-8-4-3-5-9-16/h3-11,17,19H,2,12-15H2,1H3/t19-/m0/s1. The van der Waals surface area contributed by atoms with Crippen LogP contribution >= 0.6 is 11.8 Å². The van der Waals surface area contributed by atoms with Gasteiger partial charge in [-0.15, -0.1) is 10.2 Å². The Balaban J connectivity index is 1.40. The van der Waals surface area contributed by atoms with Crippen LogP contribution < -0.4 is 9.64 Å². The lowest BCUT2D eigenvalue weighted by molar-refractivity contribution is -0.117. The van der Waals surface area contributed by atoms with Gasteiger partial charge in [0.15, 0.2) is 5.16 Å². The summed E-state index contributed by atoms with van der Waals surface area (Å²) in [4.78, 5) is 15.3. The van der Waals surface area contributed by atoms with Gasteiger partial charge in [-0.3, -0.25) is 9.69 Å². The zero-order chi connectivity index (χ0) is 20.5. The first kappa shape index (κ1) is 19.2. The van der Waals surface area contributed by atoms with Gasteiger partial charge in [0.05, 0.1) is 17.5 Å². The molecule has 2 aliphatic rings. The Kier molecular flexibility index (Phi) is 5.21. The van der Waals surface area contributed by atoms with Crippen LogP contribution in [-0.4, -0.2) is 33.0 Å². The number of fused-ring (bicyclic) bond motifs is 1. The van der Waals surface area contributed by atoms with Crippen molar-refractivity contribution in [2.24, 2.45) is 0 Å². The van der Waals surface area contributed by atoms with Crippen LogP contribution in [0.4, 0.5) is 5.69 Å². The smallest absolute Gasteiger partial charge is 0.238 e. The third-order valence-corrected chi connectivity index (χ3v) is 6.57. The average Bonchev–Trinajstić information content (AvgIpc) is 3.56. The minimum Gasteiger partial charge on any atom is -0.489 e. The zero-order valence-electron chi connectivity index (χ0n) is 16.9. The number of hydrogen-bond donors (Lipinski definition) is 0. The molecule has 1 aliphatic heterocycles. The summed E-state index contributed by atoms with van der Waals surface area (Å²) in [5.41, 5.74) is 1.89. The Bertz CT molecular complexity index is 1050. The predicted molar refractivity (Wildman–Crippen MR) is 117 cm³/mol. The maximum Gasteiger partial charge on any atom is 0.238 e. The lowest BCUT2D eigenvalue weighted by Crippen LogP contribution is -2.42. The zero-order valence-corrected chi connectivity index (χ0v) is 17.7. The van der Waals surface area contributed by atoms with Crippen LogP contribution in [0.3, 0.4) is 0 Å². The van der Waals surface area contributed by atoms with Crippen LogP contribution in [0.5, 0.6) is 5.75 Å². The molecule has 5 rings (SSSR count). The number of carbonyl (C=O) groups is 1. The van der Waals surface area contributed by atoms with E-state index in [-0.39, 0.29) is 11.9 Å². The molecule has 7 heteroatoms. The fourth-order valence-electron chi connectivity index (χ4n) is 3.96. The van der Waals surface area contributed by atoms with Gasteiger partial charge in [-0.25, -0.2) is 0 Å². The van der Waals surface area contributed by atoms with E-state index in [0.29, 0.717) is 18.3 Å². The molecule has 0 spiro atoms. The summed E-state index contributed by atoms with van der Waals surface area (Å²) in [6.45, 7) is 3.36. The molecule has 2 aromatic carbocycles. The summed E-state index contributed by atoms with van der Waals surface area (Å²) in [5, 5.41) is 9.58. The van der Waals surface area contributed by atoms with Gasteiger partial charge in [-0.05, 0) is 37.5 Å². The maximum atomic E-state index is 13.5. The van der Waals surface area contributed by atoms with Crippen molar-refractivity contribution in [3.63, 3.8) is 0 Å². The molecule has 0 saturated heterocycles. The van der Waals surface area contributed by atoms with Gasteiger partial charge in [0.25, 0.3) is 0 Å². The molecule has 1 fully saturated rings. The second-order valence-corrected chi connectivity index (χ2v) is 8.56. The number of carbonyl (C=O) groups excluding carboxylic acids is 1. The third-order valence-electron chi connectivity index (χ3n) is 5.62. The molecule has 1 aromatic heterocycles. The van der Waals surface area contributed by atoms with Gasteiger partial charge < -0.3 is 9.30 Å². The number of amides is 1. The van der Waals surface area contributed by atoms with Crippen LogP contribution in [0.25, 0.3) is 0 Å². The molecule has 1 amide bonds. The van der Waals surface area contributed by atoms with Crippen LogP contribution in [0.15, 0.2) is 59.8 Å². The number of para-hydroxylation sites is 2. The summed E-state index contributed by atoms with van der Waals surface area (Å²) in [5.74, 6) is 2.70. The van der Waals surface area contributed by atoms with Gasteiger partial charge in [-0.2, -0.15) is 0 Å². The summed E-state index contributed by atoms with van der Waals surface area (Å²) in [6.07, 6.45) is 2.37. The molecule has 0 N–H and O–H groups in total. The monoisotopic (exact) mass is 420 g/mol. The van der Waals surface area contributed by atoms with Gasteiger partial charge in [0, 0.05) is 12.5 Å². The molecule has 0 radical (unpaired) electrons. The number of benzene rings is 2. The third kappa shape index (κ3) is 3.58. The fourth-order valence-corrected chi connectivity index (χ4v) is 4.83. The van der Waals surface area contributed by atoms with E-state index in [1.54, 1.807) is 0 Å². The Hall–Kier alpha value is -2.80. The van der Waals surface area contributed by atoms with Crippen LogP contribution in [-0.2, 0) is 11.3 Å². The summed E-state index contributed by atoms with van der Waals surface area (Å²) in [7, 11) is 0. The van der Waals surface area contributed by atoms with Crippen molar-refractivity contribution in [3.05, 3.63) is 66.0 Å². The SMILES string of the molecule is CCn1c(SCC(=O)N2c3ccccc3OC[C@H]2c2ccccc2)nnc1C1CC1. The number of anilines is 1. The first-order chi connectivity index (χ1) is 14.8. The second-order valence-electron chi connectivity index (χ2n) is 7.62. The molecule has 6 nitrogen and oxygen atoms in total. The van der Waals surface area contributed by atoms with Gasteiger partial charge >= 0.3 is 0 Å². The van der Waals surface area contributed by atoms with Crippen LogP contribution in [0.1, 0.15) is 43.1 Å². The molecule has 1 atom stereocenters. The highest BCUT2D eigenvalue weighted by Gasteiger charge is 2.34. The van der Waals surface area contributed by atoms with Crippen molar-refractivity contribution < 1.29 is 9.53 Å². The summed E-state index contributed by atoms with van der Waals surface area (Å²) >= 11 is 1.47. The molecule has 3 aromatic rings. The van der Waals surface area contributed by atoms with Crippen molar-refractivity contribution in [2.45, 2.75) is 43.4 Å². The van der Waals surface area contributed by atoms with Gasteiger partial charge in [-0.1, -0.05) is 54.2 Å². The number of hydrogen-bond acceptors (Lipinski definition) is 5. The maximum absolute atomic E-state index is 13.5. The van der Waals surface area contributed by atoms with Crippen molar-refractivity contribution in [1.82, 2.24) is 14.8 Å². The number of ether oxygens (including phenoxy) is 1. The highest BCUT2D eigenvalue weighted by Crippen LogP contribution is 2.41. The Labute approximate surface area is 180 Å². The van der Waals surface area contributed by atoms with E-state index in [1.807, 2.05) is 59.5 Å². The molecule has 2 heterocycles. The number of aromatic nitrogens is 3. The predicted octanol–water partition coefficient (Wildman–Crippen LogP) is 4.43. The quantitative estimate of drug-likeness (QED) is 0.552. The second kappa shape index (κ2) is 8.14. The first-order valence-corrected chi connectivity index (χ1v) is 11.4. The highest BCUT2D eigenvalue weighted by molar-refractivity contribution is 7.99. The van der Waals surface area contributed by atoms with Crippen LogP contribution in [0.2, 0.25) is 0 Å². The minimum atomic E-state index is -0.153. The molecule has 1 saturated carbocycles. The number of nitrogens with zero attached hydrogens (tertiary/aromatic N) is 4. The van der Waals surface area contributed by atoms with E-state index in [4.69, 9.17) is 4.74 Å². The van der Waals surface area contributed by atoms with Crippen molar-refractivity contribution in [3.8, 4) is 5.75 Å². The average molecular weight is 421 g/mol. The van der Waals surface area contributed by atoms with E-state index >= 15 is 0 Å². The Morgan fingerprint density at radius 3 is 2.63 bits per heavy atom. The normalized spacial score (nSPS) is 18.0. The molecular formula is C23H24N4O2S. The molecule has 0 bridgehead atoms. The van der Waals surface area contributed by atoms with Crippen molar-refractivity contribution >= 4 is 23.4 Å². The highest BCUT2D eigenvalue weighted by atomic mass is 32.2. The van der Waals surface area contributed by atoms with Crippen molar-refractivity contribution in [2.75, 3.05) is 17.3 Å². The lowest BCUT2D eigenvalue weighted by atomic mass is 10.0. The van der Waals surface area contributed by atoms with E-state index in [0.717, 1.165) is 34.5 Å². The molecule has 1 aliphatic carbocycles. The molecular weight excluding hydrogens is 396 g/mol. The molecule has 0 unspecified atom stereocenters. The fraction of sp³-hybridized carbons (Fsp3) is 0.348. The van der Waals surface area contributed by atoms with E-state index in [2.05, 4.69) is 21.7 Å². The summed E-state index contributed by atoms with van der Waals surface area (Å²) in [6, 6.07) is 17.7. The molecule has 30 heavy (non-hydrogen) atoms. The Morgan fingerprint density at radius 2 is 1.87 bits per heavy atom. The summed E-state index contributed by atoms with van der Waals surface area (Å²) < 4.78 is 8.13. The van der Waals surface area contributed by atoms with Crippen molar-refractivity contribution in [1.29, 1.82) is 0 Å². The van der Waals surface area contributed by atoms with E-state index in [9.17, 15) is 4.79 Å². The molecule has 154 valence electrons. The first-order valence-electron chi connectivity index (χ1n) is 10.4.